The van der Waals surface area contributed by atoms with Crippen LogP contribution in [0.3, 0.4) is 0 Å². The molecule has 4 rings (SSSR count). The second kappa shape index (κ2) is 8.57. The van der Waals surface area contributed by atoms with E-state index in [-0.39, 0.29) is 6.10 Å². The molecular formula is C29H50O. The summed E-state index contributed by atoms with van der Waals surface area (Å²) in [5.41, 5.74) is 2.88. The van der Waals surface area contributed by atoms with Gasteiger partial charge in [-0.3, -0.25) is 0 Å². The van der Waals surface area contributed by atoms with Gasteiger partial charge >= 0.3 is 0 Å². The van der Waals surface area contributed by atoms with Gasteiger partial charge in [-0.15, -0.1) is 0 Å². The summed E-state index contributed by atoms with van der Waals surface area (Å²) in [7, 11) is 0. The summed E-state index contributed by atoms with van der Waals surface area (Å²) < 4.78 is 0. The molecule has 1 nitrogen and oxygen atoms in total. The molecule has 0 heterocycles. The van der Waals surface area contributed by atoms with Crippen molar-refractivity contribution in [3.05, 3.63) is 11.6 Å². The van der Waals surface area contributed by atoms with Gasteiger partial charge in [0.05, 0.1) is 6.10 Å². The molecule has 30 heavy (non-hydrogen) atoms. The van der Waals surface area contributed by atoms with Crippen molar-refractivity contribution in [3.63, 3.8) is 0 Å². The van der Waals surface area contributed by atoms with Crippen LogP contribution in [0.5, 0.6) is 0 Å². The predicted molar refractivity (Wildman–Crippen MR) is 128 cm³/mol. The van der Waals surface area contributed by atoms with Crippen LogP contribution in [0, 0.1) is 52.3 Å². The van der Waals surface area contributed by atoms with Gasteiger partial charge in [0.1, 0.15) is 0 Å². The Labute approximate surface area is 187 Å². The number of hydrogen-bond acceptors (Lipinski definition) is 1. The lowest BCUT2D eigenvalue weighted by Crippen LogP contribution is -2.49. The molecule has 1 heteroatoms. The summed E-state index contributed by atoms with van der Waals surface area (Å²) in [6, 6.07) is 0. The molecule has 0 bridgehead atoms. The minimum atomic E-state index is -0.0404. The summed E-state index contributed by atoms with van der Waals surface area (Å²) in [4.78, 5) is 0. The van der Waals surface area contributed by atoms with Crippen LogP contribution in [0.15, 0.2) is 11.6 Å². The number of hydrogen-bond donors (Lipinski definition) is 1. The van der Waals surface area contributed by atoms with E-state index < -0.39 is 0 Å². The second-order valence-electron chi connectivity index (χ2n) is 12.9. The highest BCUT2D eigenvalue weighted by Gasteiger charge is 2.58. The Bertz CT molecular complexity index is 634. The van der Waals surface area contributed by atoms with Gasteiger partial charge in [-0.25, -0.2) is 0 Å². The minimum Gasteiger partial charge on any atom is -0.393 e. The van der Waals surface area contributed by atoms with Gasteiger partial charge in [-0.05, 0) is 110 Å². The number of aliphatic hydroxyl groups excluding tert-OH is 1. The maximum absolute atomic E-state index is 10.3. The molecular weight excluding hydrogens is 364 g/mol. The number of fused-ring (bicyclic) bond motifs is 5. The Morgan fingerprint density at radius 2 is 1.67 bits per heavy atom. The average Bonchev–Trinajstić information content (AvgIpc) is 3.06. The fraction of sp³-hybridized carbons (Fsp3) is 0.931. The molecule has 172 valence electrons. The van der Waals surface area contributed by atoms with Gasteiger partial charge in [0.15, 0.2) is 0 Å². The van der Waals surface area contributed by atoms with Crippen LogP contribution >= 0.6 is 0 Å². The Balaban J connectivity index is 1.48. The van der Waals surface area contributed by atoms with Crippen molar-refractivity contribution >= 4 is 0 Å². The zero-order valence-electron chi connectivity index (χ0n) is 20.9. The van der Waals surface area contributed by atoms with Gasteiger partial charge in [0.2, 0.25) is 0 Å². The summed E-state index contributed by atoms with van der Waals surface area (Å²) >= 11 is 0. The van der Waals surface area contributed by atoms with Gasteiger partial charge < -0.3 is 5.11 Å². The lowest BCUT2D eigenvalue weighted by atomic mass is 9.47. The lowest BCUT2D eigenvalue weighted by Gasteiger charge is -2.57. The maximum Gasteiger partial charge on any atom is 0.0543 e. The quantitative estimate of drug-likeness (QED) is 0.436. The molecule has 3 saturated carbocycles. The molecule has 3 fully saturated rings. The Morgan fingerprint density at radius 1 is 0.967 bits per heavy atom. The monoisotopic (exact) mass is 414 g/mol. The van der Waals surface area contributed by atoms with Crippen molar-refractivity contribution in [3.8, 4) is 0 Å². The molecule has 0 spiro atoms. The first kappa shape index (κ1) is 22.9. The van der Waals surface area contributed by atoms with Crippen molar-refractivity contribution in [2.45, 2.75) is 118 Å². The molecule has 4 aliphatic carbocycles. The molecule has 0 aromatic carbocycles. The number of aliphatic hydroxyl groups is 1. The van der Waals surface area contributed by atoms with Crippen molar-refractivity contribution in [2.75, 3.05) is 0 Å². The number of rotatable bonds is 6. The third-order valence-electron chi connectivity index (χ3n) is 11.3. The van der Waals surface area contributed by atoms with Gasteiger partial charge in [0, 0.05) is 0 Å². The predicted octanol–water partition coefficient (Wildman–Crippen LogP) is 8.02. The van der Waals surface area contributed by atoms with Gasteiger partial charge in [0.25, 0.3) is 0 Å². The van der Waals surface area contributed by atoms with Crippen LogP contribution in [-0.4, -0.2) is 11.2 Å². The van der Waals surface area contributed by atoms with Crippen molar-refractivity contribution in [2.24, 2.45) is 52.3 Å². The van der Waals surface area contributed by atoms with Crippen molar-refractivity contribution in [1.82, 2.24) is 0 Å². The molecule has 0 aromatic rings. The van der Waals surface area contributed by atoms with Crippen LogP contribution < -0.4 is 0 Å². The SMILES string of the molecule is CC[C@H](CC[C@@H](C)[C@H]1CCC2C3=CCC4C[C@@H](O)CC[C@]4(C)C3CC[C@@]21C)C(C)C. The summed E-state index contributed by atoms with van der Waals surface area (Å²) in [5.74, 6) is 5.92. The molecule has 4 aliphatic rings. The zero-order valence-corrected chi connectivity index (χ0v) is 20.9. The van der Waals surface area contributed by atoms with E-state index in [0.29, 0.717) is 10.8 Å². The van der Waals surface area contributed by atoms with E-state index >= 15 is 0 Å². The fourth-order valence-electron chi connectivity index (χ4n) is 9.15. The normalized spacial score (nSPS) is 45.3. The molecule has 0 amide bonds. The van der Waals surface area contributed by atoms with Crippen molar-refractivity contribution < 1.29 is 5.11 Å². The van der Waals surface area contributed by atoms with E-state index in [1.165, 1.54) is 57.8 Å². The topological polar surface area (TPSA) is 20.2 Å². The Morgan fingerprint density at radius 3 is 2.37 bits per heavy atom. The number of allylic oxidation sites excluding steroid dienone is 2. The van der Waals surface area contributed by atoms with Crippen LogP contribution in [-0.2, 0) is 0 Å². The first-order chi connectivity index (χ1) is 14.2. The third-order valence-corrected chi connectivity index (χ3v) is 11.3. The van der Waals surface area contributed by atoms with E-state index in [4.69, 9.17) is 0 Å². The first-order valence-corrected chi connectivity index (χ1v) is 13.6. The second-order valence-corrected chi connectivity index (χ2v) is 12.9. The molecule has 3 unspecified atom stereocenters. The molecule has 0 aliphatic heterocycles. The van der Waals surface area contributed by atoms with Gasteiger partial charge in [-0.1, -0.05) is 66.0 Å². The van der Waals surface area contributed by atoms with E-state index in [1.807, 2.05) is 5.57 Å². The highest BCUT2D eigenvalue weighted by Crippen LogP contribution is 2.67. The molecule has 0 aromatic heterocycles. The highest BCUT2D eigenvalue weighted by atomic mass is 16.3. The zero-order chi connectivity index (χ0) is 21.7. The standard InChI is InChI=1S/C29H50O/c1-7-21(19(2)3)9-8-20(4)25-12-13-26-24-11-10-22-18-23(30)14-16-28(22,5)27(24)15-17-29(25,26)6/h11,19-23,25-27,30H,7-10,12-18H2,1-6H3/t20-,21-,22?,23+,25-,26?,27?,28+,29-/m1/s1. The summed E-state index contributed by atoms with van der Waals surface area (Å²) in [6.45, 7) is 15.1. The highest BCUT2D eigenvalue weighted by molar-refractivity contribution is 5.27. The largest absolute Gasteiger partial charge is 0.393 e. The Hall–Kier alpha value is -0.300. The van der Waals surface area contributed by atoms with Gasteiger partial charge in [-0.2, -0.15) is 0 Å². The molecule has 0 saturated heterocycles. The molecule has 1 N–H and O–H groups in total. The Kier molecular flexibility index (Phi) is 6.53. The lowest BCUT2D eigenvalue weighted by molar-refractivity contribution is -0.0428. The molecule has 9 atom stereocenters. The summed E-state index contributed by atoms with van der Waals surface area (Å²) in [6.07, 6.45) is 17.2. The maximum atomic E-state index is 10.3. The van der Waals surface area contributed by atoms with Crippen molar-refractivity contribution in [1.29, 1.82) is 0 Å². The third kappa shape index (κ3) is 3.74. The van der Waals surface area contributed by atoms with Crippen LogP contribution in [0.25, 0.3) is 0 Å². The fourth-order valence-corrected chi connectivity index (χ4v) is 9.15. The minimum absolute atomic E-state index is 0.0404. The smallest absolute Gasteiger partial charge is 0.0543 e. The summed E-state index contributed by atoms with van der Waals surface area (Å²) in [5, 5.41) is 10.3. The van der Waals surface area contributed by atoms with Crippen LogP contribution in [0.2, 0.25) is 0 Å². The van der Waals surface area contributed by atoms with Crippen LogP contribution in [0.1, 0.15) is 112 Å². The first-order valence-electron chi connectivity index (χ1n) is 13.6. The average molecular weight is 415 g/mol. The van der Waals surface area contributed by atoms with E-state index in [9.17, 15) is 5.11 Å². The van der Waals surface area contributed by atoms with E-state index in [0.717, 1.165) is 54.3 Å². The molecule has 0 radical (unpaired) electrons. The van der Waals surface area contributed by atoms with E-state index in [1.54, 1.807) is 0 Å². The van der Waals surface area contributed by atoms with E-state index in [2.05, 4.69) is 47.6 Å². The van der Waals surface area contributed by atoms with Crippen LogP contribution in [0.4, 0.5) is 0 Å².